The predicted octanol–water partition coefficient (Wildman–Crippen LogP) is 7.70. The highest BCUT2D eigenvalue weighted by Gasteiger charge is 2.17. The van der Waals surface area contributed by atoms with Crippen LogP contribution in [0.4, 0.5) is 0 Å². The van der Waals surface area contributed by atoms with Gasteiger partial charge < -0.3 is 0 Å². The van der Waals surface area contributed by atoms with E-state index in [2.05, 4.69) is 95.6 Å². The van der Waals surface area contributed by atoms with Gasteiger partial charge >= 0.3 is 0 Å². The van der Waals surface area contributed by atoms with Gasteiger partial charge in [-0.3, -0.25) is 4.57 Å². The number of nitrogens with zero attached hydrogens (tertiary/aromatic N) is 2. The summed E-state index contributed by atoms with van der Waals surface area (Å²) < 4.78 is 4.99. The van der Waals surface area contributed by atoms with Crippen LogP contribution in [-0.2, 0) is 0 Å². The van der Waals surface area contributed by atoms with Crippen LogP contribution in [0.2, 0.25) is 0 Å². The van der Waals surface area contributed by atoms with Crippen molar-refractivity contribution in [3.8, 4) is 5.82 Å². The summed E-state index contributed by atoms with van der Waals surface area (Å²) in [5.74, 6) is 0.959. The van der Waals surface area contributed by atoms with Crippen LogP contribution in [0, 0.1) is 0 Å². The highest BCUT2D eigenvalue weighted by Crippen LogP contribution is 2.42. The minimum absolute atomic E-state index is 0.959. The molecule has 0 saturated carbocycles. The van der Waals surface area contributed by atoms with Gasteiger partial charge in [0, 0.05) is 36.3 Å². The Bertz CT molecular complexity index is 1750. The number of benzene rings is 4. The average Bonchev–Trinajstić information content (AvgIpc) is 3.34. The molecule has 3 heterocycles. The fourth-order valence-corrected chi connectivity index (χ4v) is 5.92. The van der Waals surface area contributed by atoms with Crippen molar-refractivity contribution in [2.75, 3.05) is 0 Å². The average molecular weight is 401 g/mol. The maximum atomic E-state index is 5.01. The second-order valence-corrected chi connectivity index (χ2v) is 8.70. The van der Waals surface area contributed by atoms with Gasteiger partial charge in [-0.15, -0.1) is 11.3 Å². The van der Waals surface area contributed by atoms with Crippen molar-refractivity contribution in [1.82, 2.24) is 9.55 Å². The van der Waals surface area contributed by atoms with Gasteiger partial charge in [0.25, 0.3) is 0 Å². The van der Waals surface area contributed by atoms with E-state index >= 15 is 0 Å². The molecule has 30 heavy (non-hydrogen) atoms. The Balaban J connectivity index is 1.67. The largest absolute Gasteiger partial charge is 0.294 e. The monoisotopic (exact) mass is 400 g/mol. The molecule has 0 radical (unpaired) electrons. The van der Waals surface area contributed by atoms with E-state index in [1.807, 2.05) is 17.4 Å². The third kappa shape index (κ3) is 2.10. The standard InChI is InChI=1S/C27H16N2S/c1-4-10-21-17(7-1)13-16-25(28-21)29-22-11-5-2-9-20(22)26-23(29)15-14-19-18-8-3-6-12-24(18)30-27(19)26/h1-16H. The molecule has 0 saturated heterocycles. The molecule has 0 aliphatic carbocycles. The number of rotatable bonds is 1. The third-order valence-electron chi connectivity index (χ3n) is 5.99. The lowest BCUT2D eigenvalue weighted by Gasteiger charge is -2.08. The molecule has 4 aromatic carbocycles. The van der Waals surface area contributed by atoms with Crippen molar-refractivity contribution >= 4 is 64.2 Å². The summed E-state index contributed by atoms with van der Waals surface area (Å²) in [6, 6.07) is 34.5. The first kappa shape index (κ1) is 16.1. The minimum Gasteiger partial charge on any atom is -0.294 e. The first-order valence-corrected chi connectivity index (χ1v) is 10.9. The molecule has 0 fully saturated rings. The molecule has 140 valence electrons. The van der Waals surface area contributed by atoms with E-state index in [4.69, 9.17) is 4.98 Å². The molecule has 0 N–H and O–H groups in total. The van der Waals surface area contributed by atoms with Crippen molar-refractivity contribution in [1.29, 1.82) is 0 Å². The van der Waals surface area contributed by atoms with Gasteiger partial charge in [-0.05, 0) is 36.4 Å². The summed E-state index contributed by atoms with van der Waals surface area (Å²) in [6.45, 7) is 0. The number of pyridine rings is 1. The zero-order valence-electron chi connectivity index (χ0n) is 16.0. The zero-order valence-corrected chi connectivity index (χ0v) is 16.9. The lowest BCUT2D eigenvalue weighted by atomic mass is 10.1. The number of hydrogen-bond acceptors (Lipinski definition) is 2. The molecule has 0 aliphatic heterocycles. The van der Waals surface area contributed by atoms with Gasteiger partial charge in [-0.1, -0.05) is 60.7 Å². The Hall–Kier alpha value is -3.69. The van der Waals surface area contributed by atoms with E-state index in [1.54, 1.807) is 0 Å². The highest BCUT2D eigenvalue weighted by atomic mass is 32.1. The topological polar surface area (TPSA) is 17.8 Å². The minimum atomic E-state index is 0.959. The summed E-state index contributed by atoms with van der Waals surface area (Å²) in [5, 5.41) is 6.42. The fourth-order valence-electron chi connectivity index (χ4n) is 4.66. The molecule has 7 aromatic rings. The lowest BCUT2D eigenvalue weighted by molar-refractivity contribution is 1.10. The van der Waals surface area contributed by atoms with Crippen molar-refractivity contribution in [3.05, 3.63) is 97.1 Å². The number of hydrogen-bond donors (Lipinski definition) is 0. The Labute approximate surface area is 176 Å². The lowest BCUT2D eigenvalue weighted by Crippen LogP contribution is -1.97. The highest BCUT2D eigenvalue weighted by molar-refractivity contribution is 7.26. The molecule has 0 spiro atoms. The fraction of sp³-hybridized carbons (Fsp3) is 0. The molecule has 0 aliphatic rings. The SMILES string of the molecule is c1ccc2nc(-n3c4ccccc4c4c5sc6ccccc6c5ccc43)ccc2c1. The summed E-state index contributed by atoms with van der Waals surface area (Å²) >= 11 is 1.88. The van der Waals surface area contributed by atoms with Crippen LogP contribution in [0.1, 0.15) is 0 Å². The second kappa shape index (κ2) is 5.91. The number of thiophene rings is 1. The van der Waals surface area contributed by atoms with Gasteiger partial charge in [0.1, 0.15) is 5.82 Å². The Morgan fingerprint density at radius 2 is 1.40 bits per heavy atom. The maximum absolute atomic E-state index is 5.01. The Kier molecular flexibility index (Phi) is 3.18. The molecule has 0 amide bonds. The first-order chi connectivity index (χ1) is 14.9. The van der Waals surface area contributed by atoms with Crippen molar-refractivity contribution in [3.63, 3.8) is 0 Å². The van der Waals surface area contributed by atoms with Crippen molar-refractivity contribution < 1.29 is 0 Å². The van der Waals surface area contributed by atoms with Gasteiger partial charge in [0.2, 0.25) is 0 Å². The Morgan fingerprint density at radius 1 is 0.600 bits per heavy atom. The summed E-state index contributed by atoms with van der Waals surface area (Å²) in [7, 11) is 0. The van der Waals surface area contributed by atoms with Gasteiger partial charge in [-0.2, -0.15) is 0 Å². The normalized spacial score (nSPS) is 12.0. The molecule has 0 bridgehead atoms. The van der Waals surface area contributed by atoms with Crippen LogP contribution in [0.25, 0.3) is 58.7 Å². The van der Waals surface area contributed by atoms with Crippen LogP contribution in [0.5, 0.6) is 0 Å². The molecular formula is C27H16N2S. The van der Waals surface area contributed by atoms with Gasteiger partial charge in [0.05, 0.1) is 16.6 Å². The zero-order chi connectivity index (χ0) is 19.7. The van der Waals surface area contributed by atoms with Crippen LogP contribution < -0.4 is 0 Å². The number of para-hydroxylation sites is 2. The molecule has 3 aromatic heterocycles. The van der Waals surface area contributed by atoms with E-state index in [9.17, 15) is 0 Å². The molecule has 0 unspecified atom stereocenters. The van der Waals surface area contributed by atoms with Gasteiger partial charge in [0.15, 0.2) is 0 Å². The Morgan fingerprint density at radius 3 is 2.37 bits per heavy atom. The summed E-state index contributed by atoms with van der Waals surface area (Å²) in [6.07, 6.45) is 0. The smallest absolute Gasteiger partial charge is 0.138 e. The van der Waals surface area contributed by atoms with Gasteiger partial charge in [-0.25, -0.2) is 4.98 Å². The van der Waals surface area contributed by atoms with Crippen molar-refractivity contribution in [2.24, 2.45) is 0 Å². The molecule has 2 nitrogen and oxygen atoms in total. The van der Waals surface area contributed by atoms with Crippen LogP contribution >= 0.6 is 11.3 Å². The van der Waals surface area contributed by atoms with Crippen molar-refractivity contribution in [2.45, 2.75) is 0 Å². The first-order valence-electron chi connectivity index (χ1n) is 10.1. The van der Waals surface area contributed by atoms with Crippen LogP contribution in [-0.4, -0.2) is 9.55 Å². The predicted molar refractivity (Wildman–Crippen MR) is 129 cm³/mol. The molecular weight excluding hydrogens is 384 g/mol. The van der Waals surface area contributed by atoms with E-state index in [1.165, 1.54) is 42.0 Å². The van der Waals surface area contributed by atoms with E-state index < -0.39 is 0 Å². The number of aromatic nitrogens is 2. The quantitative estimate of drug-likeness (QED) is 0.276. The molecule has 7 rings (SSSR count). The van der Waals surface area contributed by atoms with Crippen LogP contribution in [0.3, 0.4) is 0 Å². The summed E-state index contributed by atoms with van der Waals surface area (Å²) in [4.78, 5) is 5.01. The van der Waals surface area contributed by atoms with E-state index in [0.717, 1.165) is 16.7 Å². The van der Waals surface area contributed by atoms with Crippen LogP contribution in [0.15, 0.2) is 97.1 Å². The summed E-state index contributed by atoms with van der Waals surface area (Å²) in [5.41, 5.74) is 3.42. The maximum Gasteiger partial charge on any atom is 0.138 e. The molecule has 0 atom stereocenters. The number of fused-ring (bicyclic) bond motifs is 8. The van der Waals surface area contributed by atoms with E-state index in [0.29, 0.717) is 0 Å². The molecule has 3 heteroatoms. The third-order valence-corrected chi connectivity index (χ3v) is 7.20. The second-order valence-electron chi connectivity index (χ2n) is 7.65. The van der Waals surface area contributed by atoms with E-state index in [-0.39, 0.29) is 0 Å².